The van der Waals surface area contributed by atoms with E-state index < -0.39 is 5.97 Å². The first kappa shape index (κ1) is 20.0. The van der Waals surface area contributed by atoms with Crippen molar-refractivity contribution >= 4 is 28.3 Å². The van der Waals surface area contributed by atoms with Crippen molar-refractivity contribution in [2.24, 2.45) is 0 Å². The first-order valence-electron chi connectivity index (χ1n) is 9.78. The molecule has 0 amide bonds. The van der Waals surface area contributed by atoms with Crippen LogP contribution in [0.4, 0.5) is 11.4 Å². The van der Waals surface area contributed by atoms with Crippen LogP contribution in [0.15, 0.2) is 120 Å². The number of rotatable bonds is 7. The van der Waals surface area contributed by atoms with E-state index in [4.69, 9.17) is 4.42 Å². The monoisotopic (exact) mass is 407 g/mol. The maximum absolute atomic E-state index is 11.2. The van der Waals surface area contributed by atoms with Crippen molar-refractivity contribution in [1.29, 1.82) is 0 Å². The Kier molecular flexibility index (Phi) is 5.54. The van der Waals surface area contributed by atoms with E-state index in [0.717, 1.165) is 28.0 Å². The molecule has 0 bridgehead atoms. The molecule has 3 aromatic carbocycles. The van der Waals surface area contributed by atoms with Gasteiger partial charge in [0.05, 0.1) is 5.56 Å². The molecule has 152 valence electrons. The van der Waals surface area contributed by atoms with Crippen LogP contribution in [0.2, 0.25) is 0 Å². The topological polar surface area (TPSA) is 53.7 Å². The third-order valence-corrected chi connectivity index (χ3v) is 4.95. The number of hydrogen-bond acceptors (Lipinski definition) is 3. The zero-order valence-electron chi connectivity index (χ0n) is 16.9. The van der Waals surface area contributed by atoms with Crippen LogP contribution in [0.1, 0.15) is 10.4 Å². The Morgan fingerprint density at radius 2 is 1.61 bits per heavy atom. The number of anilines is 2. The summed E-state index contributed by atoms with van der Waals surface area (Å²) in [6.45, 7) is 7.76. The number of carboxylic acid groups (broad SMARTS) is 1. The van der Waals surface area contributed by atoms with E-state index in [1.165, 1.54) is 0 Å². The Labute approximate surface area is 180 Å². The number of aromatic carboxylic acids is 1. The van der Waals surface area contributed by atoms with E-state index in [0.29, 0.717) is 11.3 Å². The van der Waals surface area contributed by atoms with Crippen molar-refractivity contribution in [3.8, 4) is 11.3 Å². The third kappa shape index (κ3) is 4.05. The molecule has 0 fully saturated rings. The summed E-state index contributed by atoms with van der Waals surface area (Å²) in [6, 6.07) is 24.8. The average molecular weight is 407 g/mol. The summed E-state index contributed by atoms with van der Waals surface area (Å²) < 4.78 is 5.92. The molecular weight excluding hydrogens is 386 g/mol. The van der Waals surface area contributed by atoms with Crippen LogP contribution in [0, 0.1) is 0 Å². The van der Waals surface area contributed by atoms with E-state index in [-0.39, 0.29) is 5.56 Å². The Hall–Kier alpha value is -4.31. The minimum absolute atomic E-state index is 0.202. The maximum atomic E-state index is 11.2. The largest absolute Gasteiger partial charge is 0.478 e. The summed E-state index contributed by atoms with van der Waals surface area (Å²) in [5.41, 5.74) is 4.53. The van der Waals surface area contributed by atoms with Crippen LogP contribution in [-0.2, 0) is 0 Å². The molecular formula is C27H21NO3. The van der Waals surface area contributed by atoms with Crippen LogP contribution in [0.5, 0.6) is 0 Å². The molecule has 0 radical (unpaired) electrons. The van der Waals surface area contributed by atoms with Crippen LogP contribution < -0.4 is 4.90 Å². The van der Waals surface area contributed by atoms with Crippen molar-refractivity contribution in [1.82, 2.24) is 0 Å². The van der Waals surface area contributed by atoms with Crippen LogP contribution in [0.3, 0.4) is 0 Å². The maximum Gasteiger partial charge on any atom is 0.335 e. The van der Waals surface area contributed by atoms with E-state index in [9.17, 15) is 9.90 Å². The number of carboxylic acids is 1. The molecule has 1 N–H and O–H groups in total. The van der Waals surface area contributed by atoms with Gasteiger partial charge < -0.3 is 14.4 Å². The summed E-state index contributed by atoms with van der Waals surface area (Å²) in [4.78, 5) is 13.3. The number of nitrogens with zero attached hydrogens (tertiary/aromatic N) is 1. The number of furan rings is 1. The van der Waals surface area contributed by atoms with E-state index >= 15 is 0 Å². The highest BCUT2D eigenvalue weighted by Crippen LogP contribution is 2.34. The predicted molar refractivity (Wildman–Crippen MR) is 126 cm³/mol. The van der Waals surface area contributed by atoms with Gasteiger partial charge >= 0.3 is 5.97 Å². The van der Waals surface area contributed by atoms with Crippen LogP contribution in [0.25, 0.3) is 22.3 Å². The molecule has 0 aliphatic carbocycles. The Balaban J connectivity index is 1.72. The minimum atomic E-state index is -0.976. The molecule has 4 aromatic rings. The first-order chi connectivity index (χ1) is 15.1. The van der Waals surface area contributed by atoms with Gasteiger partial charge in [-0.15, -0.1) is 0 Å². The van der Waals surface area contributed by atoms with Crippen molar-refractivity contribution < 1.29 is 14.3 Å². The summed E-state index contributed by atoms with van der Waals surface area (Å²) in [5, 5.41) is 10.0. The second-order valence-corrected chi connectivity index (χ2v) is 6.92. The lowest BCUT2D eigenvalue weighted by Gasteiger charge is -2.26. The molecule has 0 atom stereocenters. The molecule has 0 aliphatic rings. The summed E-state index contributed by atoms with van der Waals surface area (Å²) in [5.74, 6) is -0.295. The van der Waals surface area contributed by atoms with Crippen molar-refractivity contribution in [3.05, 3.63) is 122 Å². The molecule has 31 heavy (non-hydrogen) atoms. The lowest BCUT2D eigenvalue weighted by atomic mass is 10.1. The zero-order valence-corrected chi connectivity index (χ0v) is 16.9. The molecule has 0 unspecified atom stereocenters. The number of hydrogen-bond donors (Lipinski definition) is 1. The molecule has 0 saturated heterocycles. The van der Waals surface area contributed by atoms with Gasteiger partial charge in [-0.05, 0) is 66.7 Å². The Morgan fingerprint density at radius 1 is 0.903 bits per heavy atom. The number of para-hydroxylation sites is 1. The molecule has 0 saturated carbocycles. The highest BCUT2D eigenvalue weighted by molar-refractivity contribution is 5.93. The lowest BCUT2D eigenvalue weighted by molar-refractivity contribution is 0.0697. The molecule has 0 spiro atoms. The molecule has 4 heteroatoms. The van der Waals surface area contributed by atoms with Crippen molar-refractivity contribution in [2.75, 3.05) is 4.90 Å². The standard InChI is InChI=1S/C27H21NO3/c1-3-8-22(4-2)28(23-9-6-5-7-10-23)24-15-13-19(14-16-24)25-17-20-11-12-21(27(29)30)18-26(20)31-25/h3-18H,1-2H2,(H,29,30)/b22-8+. The fourth-order valence-electron chi connectivity index (χ4n) is 3.46. The lowest BCUT2D eigenvalue weighted by Crippen LogP contribution is -2.14. The highest BCUT2D eigenvalue weighted by atomic mass is 16.4. The zero-order chi connectivity index (χ0) is 21.8. The number of benzene rings is 3. The SMILES string of the molecule is C=C/C=C(\C=C)N(c1ccccc1)c1ccc(-c2cc3ccc(C(=O)O)cc3o2)cc1. The van der Waals surface area contributed by atoms with Gasteiger partial charge in [0.15, 0.2) is 0 Å². The average Bonchev–Trinajstić information content (AvgIpc) is 3.23. The normalized spacial score (nSPS) is 11.3. The Bertz CT molecular complexity index is 1280. The molecule has 4 nitrogen and oxygen atoms in total. The van der Waals surface area contributed by atoms with Gasteiger partial charge in [-0.3, -0.25) is 0 Å². The van der Waals surface area contributed by atoms with Crippen LogP contribution in [-0.4, -0.2) is 11.1 Å². The summed E-state index contributed by atoms with van der Waals surface area (Å²) in [7, 11) is 0. The van der Waals surface area contributed by atoms with Gasteiger partial charge in [0.1, 0.15) is 11.3 Å². The molecule has 1 heterocycles. The quantitative estimate of drug-likeness (QED) is 0.329. The van der Waals surface area contributed by atoms with Gasteiger partial charge in [0.2, 0.25) is 0 Å². The smallest absolute Gasteiger partial charge is 0.335 e. The second kappa shape index (κ2) is 8.59. The minimum Gasteiger partial charge on any atom is -0.478 e. The first-order valence-corrected chi connectivity index (χ1v) is 9.78. The summed E-state index contributed by atoms with van der Waals surface area (Å²) >= 11 is 0. The summed E-state index contributed by atoms with van der Waals surface area (Å²) in [6.07, 6.45) is 5.44. The van der Waals surface area contributed by atoms with E-state index in [1.807, 2.05) is 66.7 Å². The Morgan fingerprint density at radius 3 is 2.26 bits per heavy atom. The predicted octanol–water partition coefficient (Wildman–Crippen LogP) is 7.19. The van der Waals surface area contributed by atoms with E-state index in [2.05, 4.69) is 18.1 Å². The molecule has 0 aliphatic heterocycles. The number of allylic oxidation sites excluding steroid dienone is 3. The van der Waals surface area contributed by atoms with Crippen LogP contribution >= 0.6 is 0 Å². The van der Waals surface area contributed by atoms with Gasteiger partial charge in [0, 0.05) is 28.0 Å². The van der Waals surface area contributed by atoms with Crippen molar-refractivity contribution in [2.45, 2.75) is 0 Å². The number of fused-ring (bicyclic) bond motifs is 1. The van der Waals surface area contributed by atoms with E-state index in [1.54, 1.807) is 30.4 Å². The third-order valence-electron chi connectivity index (χ3n) is 4.95. The second-order valence-electron chi connectivity index (χ2n) is 6.92. The highest BCUT2D eigenvalue weighted by Gasteiger charge is 2.14. The molecule has 4 rings (SSSR count). The van der Waals surface area contributed by atoms with Gasteiger partial charge in [-0.25, -0.2) is 4.79 Å². The van der Waals surface area contributed by atoms with Gasteiger partial charge in [0.25, 0.3) is 0 Å². The molecule has 1 aromatic heterocycles. The fourth-order valence-corrected chi connectivity index (χ4v) is 3.46. The fraction of sp³-hybridized carbons (Fsp3) is 0. The number of carbonyl (C=O) groups is 1. The van der Waals surface area contributed by atoms with Gasteiger partial charge in [-0.1, -0.05) is 43.5 Å². The van der Waals surface area contributed by atoms with Crippen molar-refractivity contribution in [3.63, 3.8) is 0 Å². The van der Waals surface area contributed by atoms with Gasteiger partial charge in [-0.2, -0.15) is 0 Å².